The Hall–Kier alpha value is -1.62. The number of halogens is 4. The molecule has 1 aliphatic carbocycles. The number of alkyl halides is 3. The van der Waals surface area contributed by atoms with Crippen molar-refractivity contribution in [2.45, 2.75) is 31.7 Å². The minimum atomic E-state index is -4.65. The minimum absolute atomic E-state index is 0.0546. The van der Waals surface area contributed by atoms with Gasteiger partial charge in [0.25, 0.3) is 0 Å². The number of carboxylic acids is 1. The predicted octanol–water partition coefficient (Wildman–Crippen LogP) is 1.98. The summed E-state index contributed by atoms with van der Waals surface area (Å²) in [6.45, 7) is 2.85. The Labute approximate surface area is 161 Å². The van der Waals surface area contributed by atoms with Crippen LogP contribution in [0.3, 0.4) is 0 Å². The van der Waals surface area contributed by atoms with Crippen LogP contribution in [0.4, 0.5) is 24.9 Å². The van der Waals surface area contributed by atoms with Gasteiger partial charge in [-0.25, -0.2) is 4.98 Å². The zero-order valence-electron chi connectivity index (χ0n) is 14.3. The van der Waals surface area contributed by atoms with E-state index in [1.807, 2.05) is 0 Å². The van der Waals surface area contributed by atoms with E-state index < -0.39 is 23.9 Å². The number of aliphatic carboxylic acids is 1. The smallest absolute Gasteiger partial charge is 0.434 e. The Bertz CT molecular complexity index is 781. The fourth-order valence-electron chi connectivity index (χ4n) is 4.13. The van der Waals surface area contributed by atoms with Crippen molar-refractivity contribution in [3.05, 3.63) is 10.2 Å². The number of carbonyl (C=O) groups is 1. The molecule has 0 aromatic carbocycles. The second-order valence-electron chi connectivity index (χ2n) is 7.46. The number of carboxylic acid groups (broad SMARTS) is 1. The van der Waals surface area contributed by atoms with Crippen LogP contribution in [0.5, 0.6) is 0 Å². The van der Waals surface area contributed by atoms with E-state index in [9.17, 15) is 23.1 Å². The highest BCUT2D eigenvalue weighted by molar-refractivity contribution is 9.10. The van der Waals surface area contributed by atoms with Crippen molar-refractivity contribution in [1.82, 2.24) is 9.97 Å². The fraction of sp³-hybridized carbons (Fsp3) is 0.688. The number of hydrogen-bond acceptors (Lipinski definition) is 6. The SMILES string of the molecule is C[C@H]1[C@H](O)CN1c1nc(N2C[C@@H]3[C@H](CC(=O)O)[C@@H]3C2)c(Br)c(C(F)(F)F)n1. The minimum Gasteiger partial charge on any atom is -0.481 e. The first-order chi connectivity index (χ1) is 12.6. The van der Waals surface area contributed by atoms with Gasteiger partial charge in [-0.2, -0.15) is 18.2 Å². The summed E-state index contributed by atoms with van der Waals surface area (Å²) in [5, 5.41) is 18.6. The molecule has 4 rings (SSSR count). The predicted molar refractivity (Wildman–Crippen MR) is 92.5 cm³/mol. The highest BCUT2D eigenvalue weighted by Gasteiger charge is 2.57. The Balaban J connectivity index is 1.62. The molecule has 0 bridgehead atoms. The molecule has 1 aromatic rings. The molecule has 5 atom stereocenters. The van der Waals surface area contributed by atoms with Crippen LogP contribution in [0, 0.1) is 17.8 Å². The van der Waals surface area contributed by atoms with Gasteiger partial charge in [-0.1, -0.05) is 0 Å². The number of fused-ring (bicyclic) bond motifs is 1. The molecule has 2 aliphatic heterocycles. The lowest BCUT2D eigenvalue weighted by atomic mass is 10.0. The van der Waals surface area contributed by atoms with Crippen LogP contribution in [0.1, 0.15) is 19.0 Å². The van der Waals surface area contributed by atoms with Gasteiger partial charge in [0, 0.05) is 26.1 Å². The summed E-state index contributed by atoms with van der Waals surface area (Å²) in [6.07, 6.45) is -5.17. The Morgan fingerprint density at radius 3 is 2.37 bits per heavy atom. The highest BCUT2D eigenvalue weighted by atomic mass is 79.9. The van der Waals surface area contributed by atoms with Crippen molar-refractivity contribution >= 4 is 33.7 Å². The number of hydrogen-bond donors (Lipinski definition) is 2. The van der Waals surface area contributed by atoms with E-state index >= 15 is 0 Å². The lowest BCUT2D eigenvalue weighted by Gasteiger charge is -2.43. The number of rotatable bonds is 4. The lowest BCUT2D eigenvalue weighted by molar-refractivity contribution is -0.142. The standard InChI is InChI=1S/C16H18BrF3N4O3/c1-6-10(25)5-24(6)15-21-13(16(18,19)20)12(17)14(22-15)23-3-8-7(2-11(26)27)9(8)4-23/h6-10,25H,2-5H2,1H3,(H,26,27)/t6-,7-,8+,9-,10+/m0/s1. The first-order valence-electron chi connectivity index (χ1n) is 8.64. The molecule has 11 heteroatoms. The molecular formula is C16H18BrF3N4O3. The van der Waals surface area contributed by atoms with Crippen molar-refractivity contribution < 1.29 is 28.2 Å². The highest BCUT2D eigenvalue weighted by Crippen LogP contribution is 2.55. The molecule has 1 aromatic heterocycles. The van der Waals surface area contributed by atoms with Crippen LogP contribution in [0.15, 0.2) is 4.47 Å². The summed E-state index contributed by atoms with van der Waals surface area (Å²) in [6, 6.07) is -0.355. The number of anilines is 2. The van der Waals surface area contributed by atoms with Crippen LogP contribution in [0.25, 0.3) is 0 Å². The second-order valence-corrected chi connectivity index (χ2v) is 8.26. The van der Waals surface area contributed by atoms with Gasteiger partial charge < -0.3 is 20.0 Å². The first kappa shape index (κ1) is 18.7. The number of aliphatic hydroxyl groups excluding tert-OH is 1. The molecule has 2 saturated heterocycles. The monoisotopic (exact) mass is 450 g/mol. The third-order valence-corrected chi connectivity index (χ3v) is 6.59. The molecule has 0 unspecified atom stereocenters. The van der Waals surface area contributed by atoms with Crippen molar-refractivity contribution in [1.29, 1.82) is 0 Å². The summed E-state index contributed by atoms with van der Waals surface area (Å²) in [5.74, 6) is -0.304. The van der Waals surface area contributed by atoms with Crippen LogP contribution in [-0.4, -0.2) is 57.9 Å². The Morgan fingerprint density at radius 1 is 1.26 bits per heavy atom. The van der Waals surface area contributed by atoms with Gasteiger partial charge >= 0.3 is 12.1 Å². The molecule has 3 heterocycles. The second kappa shape index (κ2) is 6.20. The van der Waals surface area contributed by atoms with Gasteiger partial charge in [-0.05, 0) is 40.6 Å². The topological polar surface area (TPSA) is 89.8 Å². The summed E-state index contributed by atoms with van der Waals surface area (Å²) < 4.78 is 40.2. The zero-order valence-corrected chi connectivity index (χ0v) is 15.9. The molecule has 3 fully saturated rings. The number of aliphatic hydroxyl groups is 1. The summed E-state index contributed by atoms with van der Waals surface area (Å²) >= 11 is 3.02. The van der Waals surface area contributed by atoms with Crippen LogP contribution in [0.2, 0.25) is 0 Å². The Morgan fingerprint density at radius 2 is 1.89 bits per heavy atom. The summed E-state index contributed by atoms with van der Waals surface area (Å²) in [4.78, 5) is 22.2. The normalized spacial score (nSPS) is 32.3. The van der Waals surface area contributed by atoms with Gasteiger partial charge in [0.2, 0.25) is 5.95 Å². The average Bonchev–Trinajstić information content (AvgIpc) is 3.02. The maximum atomic E-state index is 13.5. The van der Waals surface area contributed by atoms with Crippen molar-refractivity contribution in [3.63, 3.8) is 0 Å². The number of aromatic nitrogens is 2. The van der Waals surface area contributed by atoms with E-state index in [0.717, 1.165) is 0 Å². The molecule has 0 amide bonds. The van der Waals surface area contributed by atoms with Crippen LogP contribution < -0.4 is 9.80 Å². The van der Waals surface area contributed by atoms with Gasteiger partial charge in [0.05, 0.1) is 16.6 Å². The maximum Gasteiger partial charge on any atom is 0.434 e. The third-order valence-electron chi connectivity index (χ3n) is 5.86. The summed E-state index contributed by atoms with van der Waals surface area (Å²) in [5.41, 5.74) is -1.04. The van der Waals surface area contributed by atoms with Crippen molar-refractivity contribution in [3.8, 4) is 0 Å². The van der Waals surface area contributed by atoms with E-state index in [4.69, 9.17) is 5.11 Å². The first-order valence-corrected chi connectivity index (χ1v) is 9.43. The van der Waals surface area contributed by atoms with Crippen molar-refractivity contribution in [2.75, 3.05) is 29.4 Å². The quantitative estimate of drug-likeness (QED) is 0.724. The van der Waals surface area contributed by atoms with Gasteiger partial charge in [-0.15, -0.1) is 0 Å². The van der Waals surface area contributed by atoms with Gasteiger partial charge in [-0.3, -0.25) is 4.79 Å². The largest absolute Gasteiger partial charge is 0.481 e. The number of β-amino-alcohol motifs (C(OH)–C–C–N with tert-alkyl or cyclic N) is 1. The van der Waals surface area contributed by atoms with Crippen molar-refractivity contribution in [2.24, 2.45) is 17.8 Å². The molecule has 27 heavy (non-hydrogen) atoms. The van der Waals surface area contributed by atoms with E-state index in [1.54, 1.807) is 16.7 Å². The molecule has 1 saturated carbocycles. The van der Waals surface area contributed by atoms with Crippen LogP contribution >= 0.6 is 15.9 Å². The summed E-state index contributed by atoms with van der Waals surface area (Å²) in [7, 11) is 0. The fourth-order valence-corrected chi connectivity index (χ4v) is 4.78. The molecule has 0 radical (unpaired) electrons. The Kier molecular flexibility index (Phi) is 4.30. The van der Waals surface area contributed by atoms with Gasteiger partial charge in [0.1, 0.15) is 5.82 Å². The average molecular weight is 451 g/mol. The third kappa shape index (κ3) is 3.14. The molecule has 2 N–H and O–H groups in total. The van der Waals surface area contributed by atoms with E-state index in [1.165, 1.54) is 0 Å². The van der Waals surface area contributed by atoms with Gasteiger partial charge in [0.15, 0.2) is 5.69 Å². The number of nitrogens with zero attached hydrogens (tertiary/aromatic N) is 4. The van der Waals surface area contributed by atoms with Crippen LogP contribution in [-0.2, 0) is 11.0 Å². The molecule has 148 valence electrons. The van der Waals surface area contributed by atoms with E-state index in [2.05, 4.69) is 25.9 Å². The zero-order chi connectivity index (χ0) is 19.7. The molecule has 0 spiro atoms. The lowest BCUT2D eigenvalue weighted by Crippen LogP contribution is -2.59. The molecule has 7 nitrogen and oxygen atoms in total. The van der Waals surface area contributed by atoms with E-state index in [0.29, 0.717) is 13.1 Å². The molecular weight excluding hydrogens is 433 g/mol. The molecule has 3 aliphatic rings. The maximum absolute atomic E-state index is 13.5. The van der Waals surface area contributed by atoms with E-state index in [-0.39, 0.29) is 53.0 Å². The number of piperidine rings is 1.